The van der Waals surface area contributed by atoms with E-state index in [1.807, 2.05) is 0 Å². The van der Waals surface area contributed by atoms with Gasteiger partial charge in [0.05, 0.1) is 17.7 Å². The maximum Gasteiger partial charge on any atom is 0.240 e. The van der Waals surface area contributed by atoms with E-state index in [4.69, 9.17) is 4.74 Å². The Balaban J connectivity index is 1.40. The normalized spacial score (nSPS) is 34.6. The quantitative estimate of drug-likeness (QED) is 0.786. The topological polar surface area (TPSA) is 70.7 Å². The van der Waals surface area contributed by atoms with Gasteiger partial charge in [0, 0.05) is 32.2 Å². The molecule has 6 nitrogen and oxygen atoms in total. The standard InChI is InChI=1S/C21H31N3O3S/c1-27-20-3-2-18(13-19(20)24-6-4-22-5-7-24)28(25,26)23-21-16-9-14-8-15(11-16)12-17(21)10-14/h2-3,13-17,21-23H,4-12H2,1H3. The summed E-state index contributed by atoms with van der Waals surface area (Å²) in [6, 6.07) is 5.39. The van der Waals surface area contributed by atoms with Gasteiger partial charge in [0.1, 0.15) is 5.75 Å². The van der Waals surface area contributed by atoms with E-state index in [0.717, 1.165) is 49.5 Å². The summed E-state index contributed by atoms with van der Waals surface area (Å²) in [4.78, 5) is 2.56. The van der Waals surface area contributed by atoms with Gasteiger partial charge >= 0.3 is 0 Å². The van der Waals surface area contributed by atoms with Crippen molar-refractivity contribution >= 4 is 15.7 Å². The van der Waals surface area contributed by atoms with Crippen LogP contribution in [0.25, 0.3) is 0 Å². The van der Waals surface area contributed by atoms with Gasteiger partial charge < -0.3 is 15.0 Å². The second-order valence-corrected chi connectivity index (χ2v) is 10.9. The van der Waals surface area contributed by atoms with Crippen molar-refractivity contribution in [1.29, 1.82) is 0 Å². The minimum atomic E-state index is -3.54. The Morgan fingerprint density at radius 3 is 2.29 bits per heavy atom. The first kappa shape index (κ1) is 18.7. The fourth-order valence-electron chi connectivity index (χ4n) is 6.35. The highest BCUT2D eigenvalue weighted by Gasteiger charge is 2.49. The second kappa shape index (κ2) is 7.18. The minimum Gasteiger partial charge on any atom is -0.495 e. The van der Waals surface area contributed by atoms with Gasteiger partial charge in [-0.05, 0) is 74.0 Å². The van der Waals surface area contributed by atoms with Crippen molar-refractivity contribution < 1.29 is 13.2 Å². The summed E-state index contributed by atoms with van der Waals surface area (Å²) in [6.07, 6.45) is 6.19. The molecule has 1 aliphatic heterocycles. The van der Waals surface area contributed by atoms with E-state index in [0.29, 0.717) is 16.7 Å². The van der Waals surface area contributed by atoms with Crippen LogP contribution in [0.3, 0.4) is 0 Å². The van der Waals surface area contributed by atoms with E-state index in [1.54, 1.807) is 25.3 Å². The number of rotatable bonds is 5. The van der Waals surface area contributed by atoms with Gasteiger partial charge in [-0.25, -0.2) is 13.1 Å². The van der Waals surface area contributed by atoms with E-state index in [2.05, 4.69) is 14.9 Å². The highest BCUT2D eigenvalue weighted by atomic mass is 32.2. The molecule has 0 radical (unpaired) electrons. The average Bonchev–Trinajstić information content (AvgIpc) is 2.70. The van der Waals surface area contributed by atoms with Gasteiger partial charge in [0.25, 0.3) is 0 Å². The van der Waals surface area contributed by atoms with Gasteiger partial charge in [-0.1, -0.05) is 0 Å². The molecule has 2 N–H and O–H groups in total. The molecule has 7 heteroatoms. The van der Waals surface area contributed by atoms with Crippen molar-refractivity contribution in [3.05, 3.63) is 18.2 Å². The molecule has 1 aromatic rings. The van der Waals surface area contributed by atoms with Crippen molar-refractivity contribution in [2.24, 2.45) is 23.7 Å². The number of nitrogens with zero attached hydrogens (tertiary/aromatic N) is 1. The predicted octanol–water partition coefficient (Wildman–Crippen LogP) is 2.21. The average molecular weight is 406 g/mol. The molecule has 4 aliphatic carbocycles. The van der Waals surface area contributed by atoms with Gasteiger partial charge in [-0.15, -0.1) is 0 Å². The largest absolute Gasteiger partial charge is 0.495 e. The van der Waals surface area contributed by atoms with Crippen LogP contribution in [0.5, 0.6) is 5.75 Å². The molecule has 4 bridgehead atoms. The summed E-state index contributed by atoms with van der Waals surface area (Å²) >= 11 is 0. The molecular formula is C21H31N3O3S. The Morgan fingerprint density at radius 1 is 1.04 bits per heavy atom. The molecule has 5 aliphatic rings. The van der Waals surface area contributed by atoms with E-state index in [1.165, 1.54) is 32.1 Å². The molecule has 0 aromatic heterocycles. The third-order valence-electron chi connectivity index (χ3n) is 7.44. The summed E-state index contributed by atoms with van der Waals surface area (Å²) in [7, 11) is -1.90. The lowest BCUT2D eigenvalue weighted by Gasteiger charge is -2.54. The zero-order valence-corrected chi connectivity index (χ0v) is 17.4. The number of nitrogens with one attached hydrogen (secondary N) is 2. The lowest BCUT2D eigenvalue weighted by atomic mass is 9.54. The number of anilines is 1. The summed E-state index contributed by atoms with van der Waals surface area (Å²) in [6.45, 7) is 3.49. The molecule has 0 unspecified atom stereocenters. The number of benzene rings is 1. The number of piperazine rings is 1. The lowest BCUT2D eigenvalue weighted by molar-refractivity contribution is -0.00557. The van der Waals surface area contributed by atoms with Gasteiger partial charge in [0.15, 0.2) is 0 Å². The van der Waals surface area contributed by atoms with Crippen LogP contribution in [0, 0.1) is 23.7 Å². The third-order valence-corrected chi connectivity index (χ3v) is 8.89. The first-order chi connectivity index (χ1) is 13.5. The molecule has 1 heterocycles. The van der Waals surface area contributed by atoms with Crippen molar-refractivity contribution in [2.45, 2.75) is 43.0 Å². The number of sulfonamides is 1. The second-order valence-electron chi connectivity index (χ2n) is 9.15. The Bertz CT molecular complexity index is 807. The van der Waals surface area contributed by atoms with Crippen LogP contribution in [0.15, 0.2) is 23.1 Å². The summed E-state index contributed by atoms with van der Waals surface area (Å²) in [5.74, 6) is 3.46. The van der Waals surface area contributed by atoms with E-state index in [9.17, 15) is 8.42 Å². The Kier molecular flexibility index (Phi) is 4.80. The Labute approximate surface area is 168 Å². The maximum absolute atomic E-state index is 13.3. The van der Waals surface area contributed by atoms with Crippen molar-refractivity contribution in [3.8, 4) is 5.75 Å². The van der Waals surface area contributed by atoms with Crippen LogP contribution >= 0.6 is 0 Å². The van der Waals surface area contributed by atoms with Gasteiger partial charge in [-0.2, -0.15) is 0 Å². The molecule has 0 atom stereocenters. The fraction of sp³-hybridized carbons (Fsp3) is 0.714. The van der Waals surface area contributed by atoms with Crippen LogP contribution < -0.4 is 19.7 Å². The zero-order chi connectivity index (χ0) is 19.3. The van der Waals surface area contributed by atoms with Crippen molar-refractivity contribution in [1.82, 2.24) is 10.0 Å². The van der Waals surface area contributed by atoms with E-state index >= 15 is 0 Å². The Hall–Kier alpha value is -1.31. The molecule has 4 saturated carbocycles. The molecule has 5 fully saturated rings. The molecule has 28 heavy (non-hydrogen) atoms. The first-order valence-electron chi connectivity index (χ1n) is 10.7. The smallest absolute Gasteiger partial charge is 0.240 e. The van der Waals surface area contributed by atoms with E-state index in [-0.39, 0.29) is 6.04 Å². The van der Waals surface area contributed by atoms with Crippen LogP contribution in [-0.2, 0) is 10.0 Å². The molecule has 1 aromatic carbocycles. The third kappa shape index (κ3) is 3.31. The number of methoxy groups -OCH3 is 1. The van der Waals surface area contributed by atoms with Crippen LogP contribution in [0.2, 0.25) is 0 Å². The zero-order valence-electron chi connectivity index (χ0n) is 16.6. The highest BCUT2D eigenvalue weighted by molar-refractivity contribution is 7.89. The van der Waals surface area contributed by atoms with Crippen LogP contribution in [-0.4, -0.2) is 47.7 Å². The van der Waals surface area contributed by atoms with Crippen LogP contribution in [0.1, 0.15) is 32.1 Å². The summed E-state index contributed by atoms with van der Waals surface area (Å²) < 4.78 is 35.2. The number of hydrogen-bond acceptors (Lipinski definition) is 5. The molecule has 0 amide bonds. The van der Waals surface area contributed by atoms with Crippen molar-refractivity contribution in [2.75, 3.05) is 38.2 Å². The molecular weight excluding hydrogens is 374 g/mol. The number of ether oxygens (including phenoxy) is 1. The predicted molar refractivity (Wildman–Crippen MR) is 109 cm³/mol. The lowest BCUT2D eigenvalue weighted by Crippen LogP contribution is -2.55. The monoisotopic (exact) mass is 405 g/mol. The van der Waals surface area contributed by atoms with Gasteiger partial charge in [0.2, 0.25) is 10.0 Å². The minimum absolute atomic E-state index is 0.113. The number of hydrogen-bond donors (Lipinski definition) is 2. The molecule has 154 valence electrons. The molecule has 0 spiro atoms. The van der Waals surface area contributed by atoms with Gasteiger partial charge in [-0.3, -0.25) is 0 Å². The molecule has 6 rings (SSSR count). The summed E-state index contributed by atoms with van der Waals surface area (Å²) in [5, 5.41) is 3.34. The highest BCUT2D eigenvalue weighted by Crippen LogP contribution is 2.54. The SMILES string of the molecule is COc1ccc(S(=O)(=O)NC2C3CC4CC(C3)CC2C4)cc1N1CCNCC1. The fourth-order valence-corrected chi connectivity index (χ4v) is 7.75. The van der Waals surface area contributed by atoms with E-state index < -0.39 is 10.0 Å². The summed E-state index contributed by atoms with van der Waals surface area (Å²) in [5.41, 5.74) is 0.872. The molecule has 1 saturated heterocycles. The van der Waals surface area contributed by atoms with Crippen molar-refractivity contribution in [3.63, 3.8) is 0 Å². The first-order valence-corrected chi connectivity index (χ1v) is 12.2. The maximum atomic E-state index is 13.3. The van der Waals surface area contributed by atoms with Crippen LogP contribution in [0.4, 0.5) is 5.69 Å². The Morgan fingerprint density at radius 2 is 1.68 bits per heavy atom.